The summed E-state index contributed by atoms with van der Waals surface area (Å²) >= 11 is 0. The van der Waals surface area contributed by atoms with Crippen LogP contribution in [0.2, 0.25) is 18.1 Å². The van der Waals surface area contributed by atoms with Crippen LogP contribution >= 0.6 is 0 Å². The highest BCUT2D eigenvalue weighted by atomic mass is 28.4. The first-order valence-electron chi connectivity index (χ1n) is 5.92. The van der Waals surface area contributed by atoms with Crippen molar-refractivity contribution in [2.45, 2.75) is 59.0 Å². The molecule has 0 amide bonds. The van der Waals surface area contributed by atoms with Crippen LogP contribution in [-0.4, -0.2) is 18.1 Å². The Hall–Kier alpha value is -0.613. The van der Waals surface area contributed by atoms with Crippen LogP contribution in [-0.2, 0) is 17.6 Å². The molecule has 0 aromatic carbocycles. The SMILES string of the molecule is CCn1nccc1CO[Si](C)(C)C(C)(C)C. The summed E-state index contributed by atoms with van der Waals surface area (Å²) in [7, 11) is -1.64. The third-order valence-electron chi connectivity index (χ3n) is 3.49. The van der Waals surface area contributed by atoms with Gasteiger partial charge in [0.1, 0.15) is 0 Å². The molecule has 92 valence electrons. The van der Waals surface area contributed by atoms with Crippen molar-refractivity contribution in [1.82, 2.24) is 9.78 Å². The van der Waals surface area contributed by atoms with Crippen LogP contribution in [0, 0.1) is 0 Å². The summed E-state index contributed by atoms with van der Waals surface area (Å²) in [5.74, 6) is 0. The molecule has 16 heavy (non-hydrogen) atoms. The smallest absolute Gasteiger partial charge is 0.192 e. The van der Waals surface area contributed by atoms with E-state index in [-0.39, 0.29) is 5.04 Å². The van der Waals surface area contributed by atoms with E-state index in [1.54, 1.807) is 0 Å². The van der Waals surface area contributed by atoms with Gasteiger partial charge in [-0.3, -0.25) is 4.68 Å². The van der Waals surface area contributed by atoms with Crippen molar-refractivity contribution in [1.29, 1.82) is 0 Å². The maximum Gasteiger partial charge on any atom is 0.192 e. The first-order chi connectivity index (χ1) is 7.28. The molecule has 0 atom stereocenters. The average molecular weight is 240 g/mol. The van der Waals surface area contributed by atoms with Crippen LogP contribution in [0.25, 0.3) is 0 Å². The van der Waals surface area contributed by atoms with Crippen LogP contribution in [0.3, 0.4) is 0 Å². The fourth-order valence-corrected chi connectivity index (χ4v) is 2.18. The van der Waals surface area contributed by atoms with E-state index in [9.17, 15) is 0 Å². The van der Waals surface area contributed by atoms with Crippen molar-refractivity contribution >= 4 is 8.32 Å². The van der Waals surface area contributed by atoms with Gasteiger partial charge in [0.25, 0.3) is 0 Å². The largest absolute Gasteiger partial charge is 0.411 e. The zero-order chi connectivity index (χ0) is 12.4. The van der Waals surface area contributed by atoms with Gasteiger partial charge in [-0.05, 0) is 31.1 Å². The van der Waals surface area contributed by atoms with Gasteiger partial charge >= 0.3 is 0 Å². The number of hydrogen-bond acceptors (Lipinski definition) is 2. The second-order valence-electron chi connectivity index (χ2n) is 5.69. The minimum Gasteiger partial charge on any atom is -0.411 e. The summed E-state index contributed by atoms with van der Waals surface area (Å²) in [6.45, 7) is 15.0. The highest BCUT2D eigenvalue weighted by Gasteiger charge is 2.37. The molecule has 3 nitrogen and oxygen atoms in total. The van der Waals surface area contributed by atoms with Crippen LogP contribution in [0.5, 0.6) is 0 Å². The molecule has 0 N–H and O–H groups in total. The third-order valence-corrected chi connectivity index (χ3v) is 7.97. The van der Waals surface area contributed by atoms with Crippen LogP contribution in [0.1, 0.15) is 33.4 Å². The lowest BCUT2D eigenvalue weighted by molar-refractivity contribution is 0.265. The molecular formula is C12H24N2OSi. The molecule has 0 saturated heterocycles. The maximum absolute atomic E-state index is 6.16. The van der Waals surface area contributed by atoms with Gasteiger partial charge < -0.3 is 4.43 Å². The molecule has 0 aliphatic carbocycles. The fraction of sp³-hybridized carbons (Fsp3) is 0.750. The minimum atomic E-state index is -1.64. The molecule has 0 unspecified atom stereocenters. The normalized spacial score (nSPS) is 13.1. The topological polar surface area (TPSA) is 27.1 Å². The Morgan fingerprint density at radius 2 is 2.00 bits per heavy atom. The third kappa shape index (κ3) is 2.95. The van der Waals surface area contributed by atoms with Crippen LogP contribution in [0.15, 0.2) is 12.3 Å². The quantitative estimate of drug-likeness (QED) is 0.754. The Bertz CT molecular complexity index is 339. The van der Waals surface area contributed by atoms with E-state index >= 15 is 0 Å². The van der Waals surface area contributed by atoms with Gasteiger partial charge in [0, 0.05) is 12.7 Å². The summed E-state index contributed by atoms with van der Waals surface area (Å²) < 4.78 is 8.15. The molecule has 1 rings (SSSR count). The maximum atomic E-state index is 6.16. The lowest BCUT2D eigenvalue weighted by atomic mass is 10.2. The lowest BCUT2D eigenvalue weighted by Gasteiger charge is -2.36. The van der Waals surface area contributed by atoms with E-state index in [0.717, 1.165) is 6.54 Å². The number of aromatic nitrogens is 2. The van der Waals surface area contributed by atoms with Crippen molar-refractivity contribution < 1.29 is 4.43 Å². The summed E-state index contributed by atoms with van der Waals surface area (Å²) in [6.07, 6.45) is 1.84. The number of rotatable bonds is 4. The van der Waals surface area contributed by atoms with Gasteiger partial charge in [0.05, 0.1) is 12.3 Å². The van der Waals surface area contributed by atoms with Gasteiger partial charge in [0.2, 0.25) is 0 Å². The standard InChI is InChI=1S/C12H24N2OSi/c1-7-14-11(8-9-13-14)10-15-16(5,6)12(2,3)4/h8-9H,7,10H2,1-6H3. The van der Waals surface area contributed by atoms with Crippen LogP contribution < -0.4 is 0 Å². The second-order valence-corrected chi connectivity index (χ2v) is 10.5. The summed E-state index contributed by atoms with van der Waals surface area (Å²) in [5.41, 5.74) is 1.17. The lowest BCUT2D eigenvalue weighted by Crippen LogP contribution is -2.40. The molecule has 0 aliphatic heterocycles. The van der Waals surface area contributed by atoms with Gasteiger partial charge in [-0.15, -0.1) is 0 Å². The summed E-state index contributed by atoms with van der Waals surface area (Å²) in [5, 5.41) is 4.52. The van der Waals surface area contributed by atoms with E-state index in [2.05, 4.69) is 45.9 Å². The summed E-state index contributed by atoms with van der Waals surface area (Å²) in [6, 6.07) is 2.04. The first-order valence-corrected chi connectivity index (χ1v) is 8.83. The molecule has 0 radical (unpaired) electrons. The van der Waals surface area contributed by atoms with E-state index in [4.69, 9.17) is 4.43 Å². The molecule has 1 aromatic rings. The molecule has 1 heterocycles. The van der Waals surface area contributed by atoms with E-state index < -0.39 is 8.32 Å². The van der Waals surface area contributed by atoms with Crippen molar-refractivity contribution in [2.24, 2.45) is 0 Å². The molecule has 0 bridgehead atoms. The Morgan fingerprint density at radius 3 is 2.50 bits per heavy atom. The average Bonchev–Trinajstić information content (AvgIpc) is 2.60. The minimum absolute atomic E-state index is 0.268. The van der Waals surface area contributed by atoms with Gasteiger partial charge in [-0.25, -0.2) is 0 Å². The molecule has 0 fully saturated rings. The molecule has 4 heteroatoms. The van der Waals surface area contributed by atoms with Crippen molar-refractivity contribution in [3.63, 3.8) is 0 Å². The van der Waals surface area contributed by atoms with Gasteiger partial charge in [-0.2, -0.15) is 5.10 Å². The van der Waals surface area contributed by atoms with Crippen molar-refractivity contribution in [3.8, 4) is 0 Å². The van der Waals surface area contributed by atoms with Gasteiger partial charge in [-0.1, -0.05) is 20.8 Å². The molecule has 1 aromatic heterocycles. The zero-order valence-corrected chi connectivity index (χ0v) is 12.4. The molecular weight excluding hydrogens is 216 g/mol. The Morgan fingerprint density at radius 1 is 1.38 bits per heavy atom. The second kappa shape index (κ2) is 4.71. The molecule has 0 saturated carbocycles. The number of aryl methyl sites for hydroxylation is 1. The summed E-state index contributed by atoms with van der Waals surface area (Å²) in [4.78, 5) is 0. The number of hydrogen-bond donors (Lipinski definition) is 0. The van der Waals surface area contributed by atoms with E-state index in [0.29, 0.717) is 6.61 Å². The highest BCUT2D eigenvalue weighted by Crippen LogP contribution is 2.36. The first kappa shape index (κ1) is 13.5. The Kier molecular flexibility index (Phi) is 3.96. The Balaban J connectivity index is 2.65. The number of nitrogens with zero attached hydrogens (tertiary/aromatic N) is 2. The highest BCUT2D eigenvalue weighted by molar-refractivity contribution is 6.74. The fourth-order valence-electron chi connectivity index (χ4n) is 1.24. The van der Waals surface area contributed by atoms with E-state index in [1.165, 1.54) is 5.69 Å². The van der Waals surface area contributed by atoms with E-state index in [1.807, 2.05) is 16.9 Å². The van der Waals surface area contributed by atoms with Crippen LogP contribution in [0.4, 0.5) is 0 Å². The van der Waals surface area contributed by atoms with Crippen molar-refractivity contribution in [2.75, 3.05) is 0 Å². The monoisotopic (exact) mass is 240 g/mol. The predicted molar refractivity (Wildman–Crippen MR) is 69.9 cm³/mol. The molecule has 0 aliphatic rings. The van der Waals surface area contributed by atoms with Crippen molar-refractivity contribution in [3.05, 3.63) is 18.0 Å². The zero-order valence-electron chi connectivity index (χ0n) is 11.4. The van der Waals surface area contributed by atoms with Gasteiger partial charge in [0.15, 0.2) is 8.32 Å². The Labute approximate surface area is 99.9 Å². The predicted octanol–water partition coefficient (Wildman–Crippen LogP) is 3.42. The molecule has 0 spiro atoms.